The van der Waals surface area contributed by atoms with Crippen molar-refractivity contribution in [1.82, 2.24) is 10.2 Å². The van der Waals surface area contributed by atoms with Gasteiger partial charge in [0.2, 0.25) is 5.91 Å². The molecule has 4 nitrogen and oxygen atoms in total. The van der Waals surface area contributed by atoms with Crippen LogP contribution in [0.15, 0.2) is 40.8 Å². The standard InChI is InChI=1S/C18H24N2O2/c1-13(11-18(21)19-3)20(4)12-15-7-5-6-8-16(15)17-10-9-14(2)22-17/h5-10,13H,11-12H2,1-4H3,(H,19,21)/t13-/m0/s1. The van der Waals surface area contributed by atoms with Crippen molar-refractivity contribution in [3.8, 4) is 11.3 Å². The molecule has 2 rings (SSSR count). The highest BCUT2D eigenvalue weighted by Crippen LogP contribution is 2.26. The van der Waals surface area contributed by atoms with Crippen LogP contribution < -0.4 is 5.32 Å². The molecule has 1 N–H and O–H groups in total. The molecule has 2 aromatic rings. The van der Waals surface area contributed by atoms with Gasteiger partial charge in [0, 0.05) is 31.6 Å². The van der Waals surface area contributed by atoms with Crippen LogP contribution in [0.2, 0.25) is 0 Å². The zero-order valence-electron chi connectivity index (χ0n) is 13.7. The Bertz CT molecular complexity index is 634. The van der Waals surface area contributed by atoms with Gasteiger partial charge in [0.25, 0.3) is 0 Å². The van der Waals surface area contributed by atoms with Gasteiger partial charge in [-0.05, 0) is 38.6 Å². The lowest BCUT2D eigenvalue weighted by atomic mass is 10.0. The van der Waals surface area contributed by atoms with E-state index in [1.165, 1.54) is 5.56 Å². The number of hydrogen-bond acceptors (Lipinski definition) is 3. The van der Waals surface area contributed by atoms with E-state index in [4.69, 9.17) is 4.42 Å². The average Bonchev–Trinajstić information content (AvgIpc) is 2.93. The minimum Gasteiger partial charge on any atom is -0.461 e. The lowest BCUT2D eigenvalue weighted by Crippen LogP contribution is -2.33. The third kappa shape index (κ3) is 3.98. The third-order valence-electron chi connectivity index (χ3n) is 3.96. The van der Waals surface area contributed by atoms with Crippen molar-refractivity contribution < 1.29 is 9.21 Å². The van der Waals surface area contributed by atoms with Crippen LogP contribution in [0.4, 0.5) is 0 Å². The normalized spacial score (nSPS) is 12.4. The predicted octanol–water partition coefficient (Wildman–Crippen LogP) is 3.21. The molecular weight excluding hydrogens is 276 g/mol. The number of furan rings is 1. The lowest BCUT2D eigenvalue weighted by molar-refractivity contribution is -0.121. The molecule has 0 fully saturated rings. The Balaban J connectivity index is 2.14. The van der Waals surface area contributed by atoms with E-state index in [1.807, 2.05) is 38.2 Å². The second-order valence-electron chi connectivity index (χ2n) is 5.71. The van der Waals surface area contributed by atoms with Crippen molar-refractivity contribution in [2.45, 2.75) is 32.9 Å². The fourth-order valence-electron chi connectivity index (χ4n) is 2.43. The van der Waals surface area contributed by atoms with E-state index in [9.17, 15) is 4.79 Å². The number of benzene rings is 1. The summed E-state index contributed by atoms with van der Waals surface area (Å²) in [4.78, 5) is 13.7. The quantitative estimate of drug-likeness (QED) is 0.891. The summed E-state index contributed by atoms with van der Waals surface area (Å²) in [6.45, 7) is 4.78. The van der Waals surface area contributed by atoms with Crippen molar-refractivity contribution in [3.63, 3.8) is 0 Å². The van der Waals surface area contributed by atoms with E-state index in [0.29, 0.717) is 6.42 Å². The predicted molar refractivity (Wildman–Crippen MR) is 88.5 cm³/mol. The van der Waals surface area contributed by atoms with Crippen LogP contribution in [0.3, 0.4) is 0 Å². The summed E-state index contributed by atoms with van der Waals surface area (Å²) in [5, 5.41) is 2.67. The minimum atomic E-state index is 0.0642. The van der Waals surface area contributed by atoms with Gasteiger partial charge in [-0.15, -0.1) is 0 Å². The maximum absolute atomic E-state index is 11.5. The second kappa shape index (κ2) is 7.27. The Morgan fingerprint density at radius 2 is 2.00 bits per heavy atom. The number of nitrogens with one attached hydrogen (secondary N) is 1. The first-order valence-electron chi connectivity index (χ1n) is 7.56. The molecule has 0 bridgehead atoms. The van der Waals surface area contributed by atoms with Gasteiger partial charge in [-0.3, -0.25) is 9.69 Å². The van der Waals surface area contributed by atoms with Crippen LogP contribution in [0.5, 0.6) is 0 Å². The van der Waals surface area contributed by atoms with E-state index in [2.05, 4.69) is 29.3 Å². The molecule has 0 aliphatic heterocycles. The van der Waals surface area contributed by atoms with Gasteiger partial charge >= 0.3 is 0 Å². The zero-order chi connectivity index (χ0) is 16.1. The number of aryl methyl sites for hydroxylation is 1. The van der Waals surface area contributed by atoms with Crippen molar-refractivity contribution in [3.05, 3.63) is 47.7 Å². The van der Waals surface area contributed by atoms with Crippen LogP contribution in [-0.4, -0.2) is 30.9 Å². The topological polar surface area (TPSA) is 45.5 Å². The number of carbonyl (C=O) groups excluding carboxylic acids is 1. The van der Waals surface area contributed by atoms with Crippen LogP contribution in [0, 0.1) is 6.92 Å². The van der Waals surface area contributed by atoms with Crippen LogP contribution in [-0.2, 0) is 11.3 Å². The van der Waals surface area contributed by atoms with Gasteiger partial charge < -0.3 is 9.73 Å². The van der Waals surface area contributed by atoms with Crippen LogP contribution in [0.25, 0.3) is 11.3 Å². The Morgan fingerprint density at radius 1 is 1.27 bits per heavy atom. The van der Waals surface area contributed by atoms with Crippen molar-refractivity contribution in [2.24, 2.45) is 0 Å². The van der Waals surface area contributed by atoms with Gasteiger partial charge in [0.1, 0.15) is 11.5 Å². The van der Waals surface area contributed by atoms with Gasteiger partial charge in [0.15, 0.2) is 0 Å². The number of hydrogen-bond donors (Lipinski definition) is 1. The fourth-order valence-corrected chi connectivity index (χ4v) is 2.43. The largest absolute Gasteiger partial charge is 0.461 e. The fraction of sp³-hybridized carbons (Fsp3) is 0.389. The van der Waals surface area contributed by atoms with Crippen LogP contribution >= 0.6 is 0 Å². The molecule has 0 aliphatic carbocycles. The molecule has 118 valence electrons. The molecule has 0 unspecified atom stereocenters. The Kier molecular flexibility index (Phi) is 5.39. The van der Waals surface area contributed by atoms with Gasteiger partial charge in [-0.2, -0.15) is 0 Å². The maximum atomic E-state index is 11.5. The number of amides is 1. The number of nitrogens with zero attached hydrogens (tertiary/aromatic N) is 1. The molecule has 1 amide bonds. The summed E-state index contributed by atoms with van der Waals surface area (Å²) in [7, 11) is 3.71. The van der Waals surface area contributed by atoms with E-state index < -0.39 is 0 Å². The van der Waals surface area contributed by atoms with E-state index in [0.717, 1.165) is 23.6 Å². The summed E-state index contributed by atoms with van der Waals surface area (Å²) in [5.41, 5.74) is 2.30. The third-order valence-corrected chi connectivity index (χ3v) is 3.96. The molecule has 0 saturated heterocycles. The Morgan fingerprint density at radius 3 is 2.64 bits per heavy atom. The van der Waals surface area contributed by atoms with Crippen molar-refractivity contribution in [2.75, 3.05) is 14.1 Å². The van der Waals surface area contributed by atoms with E-state index >= 15 is 0 Å². The van der Waals surface area contributed by atoms with Crippen LogP contribution in [0.1, 0.15) is 24.7 Å². The molecule has 0 radical (unpaired) electrons. The van der Waals surface area contributed by atoms with E-state index in [-0.39, 0.29) is 11.9 Å². The first-order valence-corrected chi connectivity index (χ1v) is 7.56. The van der Waals surface area contributed by atoms with Crippen molar-refractivity contribution >= 4 is 5.91 Å². The summed E-state index contributed by atoms with van der Waals surface area (Å²) in [6, 6.07) is 12.4. The smallest absolute Gasteiger partial charge is 0.221 e. The van der Waals surface area contributed by atoms with Gasteiger partial charge in [-0.25, -0.2) is 0 Å². The highest BCUT2D eigenvalue weighted by atomic mass is 16.3. The molecule has 1 aromatic heterocycles. The summed E-state index contributed by atoms with van der Waals surface area (Å²) in [6.07, 6.45) is 0.495. The average molecular weight is 300 g/mol. The Hall–Kier alpha value is -2.07. The minimum absolute atomic E-state index is 0.0642. The summed E-state index contributed by atoms with van der Waals surface area (Å²) < 4.78 is 5.75. The molecule has 0 saturated carbocycles. The van der Waals surface area contributed by atoms with E-state index in [1.54, 1.807) is 7.05 Å². The molecule has 0 aliphatic rings. The SMILES string of the molecule is CNC(=O)C[C@H](C)N(C)Cc1ccccc1-c1ccc(C)o1. The number of carbonyl (C=O) groups is 1. The van der Waals surface area contributed by atoms with Gasteiger partial charge in [0.05, 0.1) is 0 Å². The first-order chi connectivity index (χ1) is 10.5. The molecule has 0 spiro atoms. The summed E-state index contributed by atoms with van der Waals surface area (Å²) >= 11 is 0. The molecular formula is C18H24N2O2. The lowest BCUT2D eigenvalue weighted by Gasteiger charge is -2.25. The highest BCUT2D eigenvalue weighted by molar-refractivity contribution is 5.76. The summed E-state index contributed by atoms with van der Waals surface area (Å²) in [5.74, 6) is 1.86. The number of rotatable bonds is 6. The maximum Gasteiger partial charge on any atom is 0.221 e. The van der Waals surface area contributed by atoms with Crippen molar-refractivity contribution in [1.29, 1.82) is 0 Å². The molecule has 1 atom stereocenters. The molecule has 1 heterocycles. The zero-order valence-corrected chi connectivity index (χ0v) is 13.7. The molecule has 4 heteroatoms. The molecule has 22 heavy (non-hydrogen) atoms. The monoisotopic (exact) mass is 300 g/mol. The first kappa shape index (κ1) is 16.3. The van der Waals surface area contributed by atoms with Gasteiger partial charge in [-0.1, -0.05) is 24.3 Å². The highest BCUT2D eigenvalue weighted by Gasteiger charge is 2.16. The second-order valence-corrected chi connectivity index (χ2v) is 5.71. The Labute approximate surface area is 132 Å². The molecule has 1 aromatic carbocycles.